The number of methoxy groups -OCH3 is 1. The number of ether oxygens (including phenoxy) is 1. The number of nitrogens with one attached hydrogen (secondary N) is 1. The van der Waals surface area contributed by atoms with Crippen LogP contribution in [0.3, 0.4) is 0 Å². The predicted octanol–water partition coefficient (Wildman–Crippen LogP) is 4.02. The van der Waals surface area contributed by atoms with Crippen molar-refractivity contribution in [2.45, 2.75) is 11.8 Å². The summed E-state index contributed by atoms with van der Waals surface area (Å²) >= 11 is 1.51. The number of carbonyl (C=O) groups excluding carboxylic acids is 1. The summed E-state index contributed by atoms with van der Waals surface area (Å²) in [7, 11) is 1.65. The number of rotatable bonds is 5. The van der Waals surface area contributed by atoms with Crippen molar-refractivity contribution in [1.82, 2.24) is 0 Å². The van der Waals surface area contributed by atoms with Gasteiger partial charge in [0.25, 0.3) is 0 Å². The summed E-state index contributed by atoms with van der Waals surface area (Å²) in [5, 5.41) is 0. The Morgan fingerprint density at radius 2 is 1.68 bits per heavy atom. The van der Waals surface area contributed by atoms with Crippen LogP contribution < -0.4 is 9.46 Å². The van der Waals surface area contributed by atoms with Crippen LogP contribution in [0.15, 0.2) is 53.4 Å². The molecule has 2 aromatic carbocycles. The Balaban J connectivity index is 1.95. The van der Waals surface area contributed by atoms with Gasteiger partial charge in [0, 0.05) is 16.1 Å². The maximum atomic E-state index is 11.2. The summed E-state index contributed by atoms with van der Waals surface area (Å²) in [6.45, 7) is 1.57. The van der Waals surface area contributed by atoms with Crippen molar-refractivity contribution < 1.29 is 9.53 Å². The van der Waals surface area contributed by atoms with Crippen molar-refractivity contribution in [1.29, 1.82) is 0 Å². The Labute approximate surface area is 117 Å². The highest BCUT2D eigenvalue weighted by Crippen LogP contribution is 2.23. The van der Waals surface area contributed by atoms with Crippen LogP contribution >= 0.6 is 11.9 Å². The van der Waals surface area contributed by atoms with Gasteiger partial charge in [0.05, 0.1) is 7.11 Å². The Morgan fingerprint density at radius 3 is 2.21 bits per heavy atom. The number of carbonyl (C=O) groups is 1. The van der Waals surface area contributed by atoms with E-state index in [1.807, 2.05) is 48.5 Å². The van der Waals surface area contributed by atoms with Crippen molar-refractivity contribution in [2.24, 2.45) is 0 Å². The first-order chi connectivity index (χ1) is 9.19. The van der Waals surface area contributed by atoms with E-state index >= 15 is 0 Å². The maximum absolute atomic E-state index is 11.2. The largest absolute Gasteiger partial charge is 0.497 e. The van der Waals surface area contributed by atoms with E-state index in [0.717, 1.165) is 21.9 Å². The molecule has 19 heavy (non-hydrogen) atoms. The van der Waals surface area contributed by atoms with Gasteiger partial charge in [-0.05, 0) is 55.3 Å². The van der Waals surface area contributed by atoms with E-state index in [1.165, 1.54) is 11.9 Å². The molecule has 98 valence electrons. The molecule has 0 aliphatic carbocycles. The molecule has 0 bridgehead atoms. The highest BCUT2D eigenvalue weighted by Gasteiger charge is 2.00. The third-order valence-corrected chi connectivity index (χ3v) is 3.48. The molecule has 0 fully saturated rings. The minimum atomic E-state index is 0.0830. The zero-order valence-corrected chi connectivity index (χ0v) is 11.7. The third-order valence-electron chi connectivity index (χ3n) is 2.64. The summed E-state index contributed by atoms with van der Waals surface area (Å²) < 4.78 is 8.34. The van der Waals surface area contributed by atoms with Gasteiger partial charge in [-0.25, -0.2) is 0 Å². The van der Waals surface area contributed by atoms with Crippen LogP contribution in [-0.4, -0.2) is 12.9 Å². The second-order valence-electron chi connectivity index (χ2n) is 4.01. The van der Waals surface area contributed by atoms with Gasteiger partial charge in [-0.15, -0.1) is 0 Å². The van der Waals surface area contributed by atoms with Crippen LogP contribution in [0, 0.1) is 0 Å². The van der Waals surface area contributed by atoms with E-state index in [1.54, 1.807) is 14.0 Å². The summed E-state index contributed by atoms with van der Waals surface area (Å²) in [5.41, 5.74) is 1.73. The maximum Gasteiger partial charge on any atom is 0.159 e. The van der Waals surface area contributed by atoms with Crippen molar-refractivity contribution in [2.75, 3.05) is 11.8 Å². The smallest absolute Gasteiger partial charge is 0.159 e. The Hall–Kier alpha value is -1.94. The Morgan fingerprint density at radius 1 is 1.05 bits per heavy atom. The highest BCUT2D eigenvalue weighted by atomic mass is 32.2. The summed E-state index contributed by atoms with van der Waals surface area (Å²) in [4.78, 5) is 12.2. The van der Waals surface area contributed by atoms with E-state index in [9.17, 15) is 4.79 Å². The molecule has 1 N–H and O–H groups in total. The molecule has 0 saturated carbocycles. The lowest BCUT2D eigenvalue weighted by molar-refractivity contribution is 0.101. The van der Waals surface area contributed by atoms with Crippen LogP contribution in [0.5, 0.6) is 5.75 Å². The van der Waals surface area contributed by atoms with Gasteiger partial charge in [0.15, 0.2) is 5.78 Å². The highest BCUT2D eigenvalue weighted by molar-refractivity contribution is 8.00. The molecular formula is C15H15NO2S. The van der Waals surface area contributed by atoms with Gasteiger partial charge in [-0.2, -0.15) is 0 Å². The van der Waals surface area contributed by atoms with Crippen molar-refractivity contribution >= 4 is 23.4 Å². The Kier molecular flexibility index (Phi) is 4.47. The van der Waals surface area contributed by atoms with E-state index in [-0.39, 0.29) is 5.78 Å². The first-order valence-corrected chi connectivity index (χ1v) is 6.68. The Bertz CT molecular complexity index is 549. The van der Waals surface area contributed by atoms with Crippen LogP contribution in [0.4, 0.5) is 5.69 Å². The zero-order valence-electron chi connectivity index (χ0n) is 10.8. The second-order valence-corrected chi connectivity index (χ2v) is 4.89. The van der Waals surface area contributed by atoms with Gasteiger partial charge >= 0.3 is 0 Å². The summed E-state index contributed by atoms with van der Waals surface area (Å²) in [6, 6.07) is 15.2. The molecule has 0 aromatic heterocycles. The van der Waals surface area contributed by atoms with Crippen LogP contribution in [-0.2, 0) is 0 Å². The quantitative estimate of drug-likeness (QED) is 0.659. The van der Waals surface area contributed by atoms with Gasteiger partial charge < -0.3 is 9.46 Å². The minimum Gasteiger partial charge on any atom is -0.497 e. The molecular weight excluding hydrogens is 258 g/mol. The minimum absolute atomic E-state index is 0.0830. The summed E-state index contributed by atoms with van der Waals surface area (Å²) in [6.07, 6.45) is 0. The first-order valence-electron chi connectivity index (χ1n) is 5.87. The molecule has 0 aliphatic heterocycles. The normalized spacial score (nSPS) is 10.0. The topological polar surface area (TPSA) is 38.3 Å². The van der Waals surface area contributed by atoms with Crippen LogP contribution in [0.25, 0.3) is 0 Å². The van der Waals surface area contributed by atoms with Crippen LogP contribution in [0.1, 0.15) is 17.3 Å². The van der Waals surface area contributed by atoms with E-state index in [2.05, 4.69) is 4.72 Å². The van der Waals surface area contributed by atoms with Crippen molar-refractivity contribution in [3.63, 3.8) is 0 Å². The van der Waals surface area contributed by atoms with Crippen molar-refractivity contribution in [3.05, 3.63) is 54.1 Å². The van der Waals surface area contributed by atoms with E-state index in [4.69, 9.17) is 4.74 Å². The number of ketones is 1. The third kappa shape index (κ3) is 3.76. The van der Waals surface area contributed by atoms with Gasteiger partial charge in [0.1, 0.15) is 5.75 Å². The number of hydrogen-bond acceptors (Lipinski definition) is 4. The van der Waals surface area contributed by atoms with E-state index < -0.39 is 0 Å². The molecule has 2 rings (SSSR count). The lowest BCUT2D eigenvalue weighted by Crippen LogP contribution is -1.91. The van der Waals surface area contributed by atoms with Gasteiger partial charge in [-0.1, -0.05) is 12.1 Å². The molecule has 3 nitrogen and oxygen atoms in total. The summed E-state index contributed by atoms with van der Waals surface area (Å²) in [5.74, 6) is 0.918. The molecule has 4 heteroatoms. The number of hydrogen-bond donors (Lipinski definition) is 1. The van der Waals surface area contributed by atoms with Gasteiger partial charge in [0.2, 0.25) is 0 Å². The fourth-order valence-electron chi connectivity index (χ4n) is 1.53. The zero-order chi connectivity index (χ0) is 13.7. The molecule has 0 saturated heterocycles. The molecule has 2 aromatic rings. The second kappa shape index (κ2) is 6.29. The predicted molar refractivity (Wildman–Crippen MR) is 78.9 cm³/mol. The van der Waals surface area contributed by atoms with Crippen molar-refractivity contribution in [3.8, 4) is 5.75 Å². The molecule has 0 radical (unpaired) electrons. The fourth-order valence-corrected chi connectivity index (χ4v) is 2.18. The number of anilines is 1. The first kappa shape index (κ1) is 13.5. The van der Waals surface area contributed by atoms with Gasteiger partial charge in [-0.3, -0.25) is 4.79 Å². The van der Waals surface area contributed by atoms with E-state index in [0.29, 0.717) is 0 Å². The lowest BCUT2D eigenvalue weighted by Gasteiger charge is -2.06. The molecule has 0 spiro atoms. The molecule has 0 atom stereocenters. The monoisotopic (exact) mass is 273 g/mol. The standard InChI is InChI=1S/C15H15NO2S/c1-11(17)12-3-9-15(10-4-12)19-16-13-5-7-14(18-2)8-6-13/h3-10,16H,1-2H3. The molecule has 0 aliphatic rings. The SMILES string of the molecule is COc1ccc(NSc2ccc(C(C)=O)cc2)cc1. The molecule has 0 unspecified atom stereocenters. The lowest BCUT2D eigenvalue weighted by atomic mass is 10.2. The number of Topliss-reactive ketones (excluding diaryl/α,β-unsaturated/α-hetero) is 1. The fraction of sp³-hybridized carbons (Fsp3) is 0.133. The average Bonchev–Trinajstić information content (AvgIpc) is 2.46. The average molecular weight is 273 g/mol. The number of benzene rings is 2. The molecule has 0 heterocycles. The molecule has 0 amide bonds. The van der Waals surface area contributed by atoms with Crippen LogP contribution in [0.2, 0.25) is 0 Å².